The van der Waals surface area contributed by atoms with Crippen LogP contribution in [0.1, 0.15) is 5.89 Å². The SMILES string of the molecule is COCCNCc1nc(-c2cccc([N+](=O)[O-])c2)no1. The number of nitrogens with one attached hydrogen (secondary N) is 1. The van der Waals surface area contributed by atoms with E-state index in [1.165, 1.54) is 12.1 Å². The number of aromatic nitrogens is 2. The van der Waals surface area contributed by atoms with Gasteiger partial charge in [-0.3, -0.25) is 10.1 Å². The van der Waals surface area contributed by atoms with E-state index >= 15 is 0 Å². The molecule has 2 aromatic rings. The average Bonchev–Trinajstić information content (AvgIpc) is 2.92. The standard InChI is InChI=1S/C12H14N4O4/c1-19-6-5-13-8-11-14-12(15-20-11)9-3-2-4-10(7-9)16(17)18/h2-4,7,13H,5-6,8H2,1H3. The van der Waals surface area contributed by atoms with Crippen LogP contribution in [-0.2, 0) is 11.3 Å². The predicted molar refractivity (Wildman–Crippen MR) is 70.0 cm³/mol. The van der Waals surface area contributed by atoms with Gasteiger partial charge in [-0.25, -0.2) is 0 Å². The zero-order valence-electron chi connectivity index (χ0n) is 10.9. The Morgan fingerprint density at radius 3 is 3.10 bits per heavy atom. The summed E-state index contributed by atoms with van der Waals surface area (Å²) in [6, 6.07) is 6.10. The monoisotopic (exact) mass is 278 g/mol. The van der Waals surface area contributed by atoms with Crippen LogP contribution in [0, 0.1) is 10.1 Å². The lowest BCUT2D eigenvalue weighted by molar-refractivity contribution is -0.384. The largest absolute Gasteiger partial charge is 0.383 e. The van der Waals surface area contributed by atoms with E-state index in [-0.39, 0.29) is 5.69 Å². The van der Waals surface area contributed by atoms with Crippen molar-refractivity contribution in [3.8, 4) is 11.4 Å². The first-order chi connectivity index (χ1) is 9.70. The third kappa shape index (κ3) is 3.59. The van der Waals surface area contributed by atoms with Gasteiger partial charge < -0.3 is 14.6 Å². The van der Waals surface area contributed by atoms with Crippen LogP contribution in [0.15, 0.2) is 28.8 Å². The first kappa shape index (κ1) is 14.1. The first-order valence-corrected chi connectivity index (χ1v) is 5.98. The summed E-state index contributed by atoms with van der Waals surface area (Å²) in [5.41, 5.74) is 0.540. The topological polar surface area (TPSA) is 103 Å². The second kappa shape index (κ2) is 6.73. The molecule has 1 aromatic heterocycles. The molecule has 2 rings (SSSR count). The molecule has 0 unspecified atom stereocenters. The van der Waals surface area contributed by atoms with Crippen LogP contribution >= 0.6 is 0 Å². The highest BCUT2D eigenvalue weighted by atomic mass is 16.6. The Morgan fingerprint density at radius 1 is 1.50 bits per heavy atom. The van der Waals surface area contributed by atoms with Crippen molar-refractivity contribution in [3.63, 3.8) is 0 Å². The molecule has 0 saturated carbocycles. The van der Waals surface area contributed by atoms with Crippen molar-refractivity contribution >= 4 is 5.69 Å². The zero-order valence-corrected chi connectivity index (χ0v) is 10.9. The molecule has 0 radical (unpaired) electrons. The van der Waals surface area contributed by atoms with Crippen LogP contribution in [0.4, 0.5) is 5.69 Å². The Hall–Kier alpha value is -2.32. The summed E-state index contributed by atoms with van der Waals surface area (Å²) < 4.78 is 9.96. The van der Waals surface area contributed by atoms with E-state index in [1.54, 1.807) is 19.2 Å². The first-order valence-electron chi connectivity index (χ1n) is 5.98. The molecule has 8 heteroatoms. The Kier molecular flexibility index (Phi) is 4.75. The average molecular weight is 278 g/mol. The van der Waals surface area contributed by atoms with Crippen LogP contribution in [0.2, 0.25) is 0 Å². The van der Waals surface area contributed by atoms with E-state index in [0.717, 1.165) is 0 Å². The molecule has 8 nitrogen and oxygen atoms in total. The number of hydrogen-bond donors (Lipinski definition) is 1. The molecule has 20 heavy (non-hydrogen) atoms. The minimum absolute atomic E-state index is 0.00734. The quantitative estimate of drug-likeness (QED) is 0.463. The van der Waals surface area contributed by atoms with E-state index in [2.05, 4.69) is 15.5 Å². The fourth-order valence-corrected chi connectivity index (χ4v) is 1.57. The predicted octanol–water partition coefficient (Wildman–Crippen LogP) is 1.38. The molecule has 0 atom stereocenters. The van der Waals surface area contributed by atoms with E-state index < -0.39 is 4.92 Å². The van der Waals surface area contributed by atoms with Crippen LogP contribution in [0.25, 0.3) is 11.4 Å². The second-order valence-corrected chi connectivity index (χ2v) is 3.99. The Balaban J connectivity index is 2.04. The lowest BCUT2D eigenvalue weighted by Crippen LogP contribution is -2.18. The fourth-order valence-electron chi connectivity index (χ4n) is 1.57. The number of non-ortho nitro benzene ring substituents is 1. The van der Waals surface area contributed by atoms with Gasteiger partial charge in [-0.1, -0.05) is 17.3 Å². The lowest BCUT2D eigenvalue weighted by Gasteiger charge is -1.98. The van der Waals surface area contributed by atoms with Gasteiger partial charge in [0.2, 0.25) is 11.7 Å². The number of methoxy groups -OCH3 is 1. The smallest absolute Gasteiger partial charge is 0.270 e. The molecular weight excluding hydrogens is 264 g/mol. The number of nitrogens with zero attached hydrogens (tertiary/aromatic N) is 3. The zero-order chi connectivity index (χ0) is 14.4. The van der Waals surface area contributed by atoms with Gasteiger partial charge in [-0.05, 0) is 0 Å². The number of benzene rings is 1. The van der Waals surface area contributed by atoms with Crippen LogP contribution in [-0.4, -0.2) is 35.3 Å². The third-order valence-corrected chi connectivity index (χ3v) is 2.54. The molecule has 106 valence electrons. The summed E-state index contributed by atoms with van der Waals surface area (Å²) in [6.07, 6.45) is 0. The van der Waals surface area contributed by atoms with E-state index in [9.17, 15) is 10.1 Å². The molecular formula is C12H14N4O4. The minimum atomic E-state index is -0.462. The van der Waals surface area contributed by atoms with Gasteiger partial charge in [0.1, 0.15) is 0 Å². The van der Waals surface area contributed by atoms with E-state index in [4.69, 9.17) is 9.26 Å². The molecule has 0 aliphatic rings. The number of rotatable bonds is 7. The normalized spacial score (nSPS) is 10.7. The minimum Gasteiger partial charge on any atom is -0.383 e. The molecule has 1 aromatic carbocycles. The Bertz CT molecular complexity index is 584. The van der Waals surface area contributed by atoms with Crippen molar-refractivity contribution in [1.82, 2.24) is 15.5 Å². The fraction of sp³-hybridized carbons (Fsp3) is 0.333. The summed E-state index contributed by atoms with van der Waals surface area (Å²) in [4.78, 5) is 14.4. The molecule has 0 fully saturated rings. The summed E-state index contributed by atoms with van der Waals surface area (Å²) in [5.74, 6) is 0.750. The molecule has 0 spiro atoms. The van der Waals surface area contributed by atoms with Gasteiger partial charge in [0.25, 0.3) is 5.69 Å². The van der Waals surface area contributed by atoms with E-state index in [1.807, 2.05) is 0 Å². The summed E-state index contributed by atoms with van der Waals surface area (Å²) in [7, 11) is 1.62. The number of ether oxygens (including phenoxy) is 1. The van der Waals surface area contributed by atoms with Crippen molar-refractivity contribution in [2.45, 2.75) is 6.54 Å². The van der Waals surface area contributed by atoms with Crippen LogP contribution < -0.4 is 5.32 Å². The van der Waals surface area contributed by atoms with Gasteiger partial charge in [0.05, 0.1) is 18.1 Å². The van der Waals surface area contributed by atoms with Gasteiger partial charge in [0, 0.05) is 31.4 Å². The highest BCUT2D eigenvalue weighted by molar-refractivity contribution is 5.58. The van der Waals surface area contributed by atoms with Gasteiger partial charge in [-0.15, -0.1) is 0 Å². The molecule has 0 bridgehead atoms. The Labute approximate surface area is 114 Å². The maximum atomic E-state index is 10.7. The van der Waals surface area contributed by atoms with Crippen LogP contribution in [0.3, 0.4) is 0 Å². The summed E-state index contributed by atoms with van der Waals surface area (Å²) >= 11 is 0. The Morgan fingerprint density at radius 2 is 2.35 bits per heavy atom. The maximum Gasteiger partial charge on any atom is 0.270 e. The molecule has 0 amide bonds. The van der Waals surface area contributed by atoms with Crippen molar-refractivity contribution in [1.29, 1.82) is 0 Å². The van der Waals surface area contributed by atoms with Crippen LogP contribution in [0.5, 0.6) is 0 Å². The summed E-state index contributed by atoms with van der Waals surface area (Å²) in [6.45, 7) is 1.68. The van der Waals surface area contributed by atoms with Gasteiger partial charge >= 0.3 is 0 Å². The van der Waals surface area contributed by atoms with Crippen molar-refractivity contribution in [3.05, 3.63) is 40.3 Å². The highest BCUT2D eigenvalue weighted by Crippen LogP contribution is 2.21. The second-order valence-electron chi connectivity index (χ2n) is 3.99. The number of nitro benzene ring substituents is 1. The highest BCUT2D eigenvalue weighted by Gasteiger charge is 2.12. The van der Waals surface area contributed by atoms with Gasteiger partial charge in [-0.2, -0.15) is 4.98 Å². The molecule has 0 saturated heterocycles. The molecule has 1 heterocycles. The van der Waals surface area contributed by atoms with Gasteiger partial charge in [0.15, 0.2) is 0 Å². The van der Waals surface area contributed by atoms with E-state index in [0.29, 0.717) is 37.0 Å². The molecule has 0 aliphatic carbocycles. The summed E-state index contributed by atoms with van der Waals surface area (Å²) in [5, 5.41) is 17.6. The lowest BCUT2D eigenvalue weighted by atomic mass is 10.2. The van der Waals surface area contributed by atoms with Crippen molar-refractivity contribution < 1.29 is 14.2 Å². The van der Waals surface area contributed by atoms with Crippen molar-refractivity contribution in [2.75, 3.05) is 20.3 Å². The number of nitro groups is 1. The van der Waals surface area contributed by atoms with Crippen molar-refractivity contribution in [2.24, 2.45) is 0 Å². The third-order valence-electron chi connectivity index (χ3n) is 2.54. The molecule has 0 aliphatic heterocycles. The molecule has 1 N–H and O–H groups in total. The maximum absolute atomic E-state index is 10.7. The number of hydrogen-bond acceptors (Lipinski definition) is 7.